The standard InChI is InChI=1S/C16H18BrNO/c17-15-5-1-3-14(11-15)12-19-10-2-4-13-6-8-16(18)9-7-13/h1,3,5-9,11H,2,4,10,12,18H2. The van der Waals surface area contributed by atoms with Crippen molar-refractivity contribution in [3.63, 3.8) is 0 Å². The molecule has 0 spiro atoms. The largest absolute Gasteiger partial charge is 0.399 e. The molecular formula is C16H18BrNO. The Labute approximate surface area is 122 Å². The van der Waals surface area contributed by atoms with E-state index in [1.54, 1.807) is 0 Å². The summed E-state index contributed by atoms with van der Waals surface area (Å²) in [4.78, 5) is 0. The first-order chi connectivity index (χ1) is 9.24. The van der Waals surface area contributed by atoms with Crippen LogP contribution in [0, 0.1) is 0 Å². The molecule has 0 aliphatic carbocycles. The molecule has 3 heteroatoms. The summed E-state index contributed by atoms with van der Waals surface area (Å²) in [5.41, 5.74) is 8.97. The molecule has 0 fully saturated rings. The lowest BCUT2D eigenvalue weighted by Gasteiger charge is -2.05. The number of rotatable bonds is 6. The van der Waals surface area contributed by atoms with Gasteiger partial charge in [0, 0.05) is 16.8 Å². The number of halogens is 1. The maximum atomic E-state index is 5.67. The third-order valence-electron chi connectivity index (χ3n) is 2.89. The van der Waals surface area contributed by atoms with E-state index in [4.69, 9.17) is 10.5 Å². The van der Waals surface area contributed by atoms with Crippen LogP contribution in [-0.4, -0.2) is 6.61 Å². The van der Waals surface area contributed by atoms with Crippen molar-refractivity contribution in [1.29, 1.82) is 0 Å². The van der Waals surface area contributed by atoms with Gasteiger partial charge in [0.25, 0.3) is 0 Å². The number of hydrogen-bond acceptors (Lipinski definition) is 2. The Morgan fingerprint density at radius 1 is 1.00 bits per heavy atom. The van der Waals surface area contributed by atoms with Gasteiger partial charge in [0.05, 0.1) is 6.61 Å². The fourth-order valence-electron chi connectivity index (χ4n) is 1.88. The summed E-state index contributed by atoms with van der Waals surface area (Å²) >= 11 is 3.46. The zero-order valence-electron chi connectivity index (χ0n) is 10.8. The van der Waals surface area contributed by atoms with E-state index < -0.39 is 0 Å². The molecule has 0 atom stereocenters. The molecule has 100 valence electrons. The lowest BCUT2D eigenvalue weighted by molar-refractivity contribution is 0.118. The first-order valence-corrected chi connectivity index (χ1v) is 7.20. The molecule has 0 amide bonds. The molecule has 0 aliphatic rings. The van der Waals surface area contributed by atoms with Crippen molar-refractivity contribution in [3.05, 3.63) is 64.1 Å². The number of hydrogen-bond donors (Lipinski definition) is 1. The molecule has 0 saturated carbocycles. The van der Waals surface area contributed by atoms with Gasteiger partial charge in [0.1, 0.15) is 0 Å². The van der Waals surface area contributed by atoms with Gasteiger partial charge in [-0.05, 0) is 48.2 Å². The van der Waals surface area contributed by atoms with Crippen LogP contribution in [0.5, 0.6) is 0 Å². The highest BCUT2D eigenvalue weighted by Gasteiger charge is 1.96. The van der Waals surface area contributed by atoms with E-state index in [2.05, 4.69) is 40.2 Å². The molecule has 2 aromatic carbocycles. The molecule has 0 radical (unpaired) electrons. The van der Waals surface area contributed by atoms with E-state index in [9.17, 15) is 0 Å². The second kappa shape index (κ2) is 7.31. The maximum Gasteiger partial charge on any atom is 0.0717 e. The lowest BCUT2D eigenvalue weighted by atomic mass is 10.1. The van der Waals surface area contributed by atoms with Gasteiger partial charge in [-0.3, -0.25) is 0 Å². The summed E-state index contributed by atoms with van der Waals surface area (Å²) in [6.45, 7) is 1.44. The first kappa shape index (κ1) is 14.1. The van der Waals surface area contributed by atoms with Crippen LogP contribution in [-0.2, 0) is 17.8 Å². The Morgan fingerprint density at radius 2 is 1.79 bits per heavy atom. The average molecular weight is 320 g/mol. The summed E-state index contributed by atoms with van der Waals surface area (Å²) in [6.07, 6.45) is 2.05. The third kappa shape index (κ3) is 5.05. The van der Waals surface area contributed by atoms with Gasteiger partial charge < -0.3 is 10.5 Å². The average Bonchev–Trinajstić information content (AvgIpc) is 2.41. The van der Waals surface area contributed by atoms with Crippen LogP contribution in [0.25, 0.3) is 0 Å². The molecule has 2 aromatic rings. The number of ether oxygens (including phenoxy) is 1. The fourth-order valence-corrected chi connectivity index (χ4v) is 2.33. The van der Waals surface area contributed by atoms with Crippen molar-refractivity contribution in [3.8, 4) is 0 Å². The normalized spacial score (nSPS) is 10.6. The maximum absolute atomic E-state index is 5.67. The Hall–Kier alpha value is -1.32. The van der Waals surface area contributed by atoms with E-state index in [0.29, 0.717) is 6.61 Å². The van der Waals surface area contributed by atoms with Crippen molar-refractivity contribution in [2.45, 2.75) is 19.4 Å². The predicted octanol–water partition coefficient (Wildman–Crippen LogP) is 4.18. The number of nitrogen functional groups attached to an aromatic ring is 1. The van der Waals surface area contributed by atoms with Crippen molar-refractivity contribution < 1.29 is 4.74 Å². The molecule has 2 nitrogen and oxygen atoms in total. The predicted molar refractivity (Wildman–Crippen MR) is 83.0 cm³/mol. The third-order valence-corrected chi connectivity index (χ3v) is 3.38. The summed E-state index contributed by atoms with van der Waals surface area (Å²) in [6, 6.07) is 16.2. The molecule has 0 unspecified atom stereocenters. The Kier molecular flexibility index (Phi) is 5.43. The topological polar surface area (TPSA) is 35.2 Å². The van der Waals surface area contributed by atoms with Crippen LogP contribution in [0.2, 0.25) is 0 Å². The minimum atomic E-state index is 0.668. The minimum Gasteiger partial charge on any atom is -0.399 e. The van der Waals surface area contributed by atoms with E-state index in [-0.39, 0.29) is 0 Å². The van der Waals surface area contributed by atoms with E-state index in [1.165, 1.54) is 11.1 Å². The molecular weight excluding hydrogens is 302 g/mol. The molecule has 0 saturated heterocycles. The van der Waals surface area contributed by atoms with Crippen LogP contribution in [0.3, 0.4) is 0 Å². The van der Waals surface area contributed by atoms with Gasteiger partial charge in [-0.25, -0.2) is 0 Å². The summed E-state index contributed by atoms with van der Waals surface area (Å²) in [5, 5.41) is 0. The van der Waals surface area contributed by atoms with Crippen LogP contribution in [0.4, 0.5) is 5.69 Å². The lowest BCUT2D eigenvalue weighted by Crippen LogP contribution is -1.97. The van der Waals surface area contributed by atoms with Gasteiger partial charge in [-0.15, -0.1) is 0 Å². The van der Waals surface area contributed by atoms with Crippen LogP contribution < -0.4 is 5.73 Å². The smallest absolute Gasteiger partial charge is 0.0717 e. The van der Waals surface area contributed by atoms with E-state index >= 15 is 0 Å². The Balaban J connectivity index is 1.66. The van der Waals surface area contributed by atoms with Gasteiger partial charge in [-0.1, -0.05) is 40.2 Å². The Morgan fingerprint density at radius 3 is 2.53 bits per heavy atom. The van der Waals surface area contributed by atoms with Crippen molar-refractivity contribution >= 4 is 21.6 Å². The van der Waals surface area contributed by atoms with Crippen molar-refractivity contribution in [2.24, 2.45) is 0 Å². The zero-order valence-corrected chi connectivity index (χ0v) is 12.4. The summed E-state index contributed by atoms with van der Waals surface area (Å²) < 4.78 is 6.77. The number of anilines is 1. The molecule has 0 heterocycles. The van der Waals surface area contributed by atoms with Gasteiger partial charge in [0.15, 0.2) is 0 Å². The number of nitrogens with two attached hydrogens (primary N) is 1. The van der Waals surface area contributed by atoms with Gasteiger partial charge >= 0.3 is 0 Å². The number of benzene rings is 2. The minimum absolute atomic E-state index is 0.668. The second-order valence-corrected chi connectivity index (χ2v) is 5.44. The highest BCUT2D eigenvalue weighted by molar-refractivity contribution is 9.10. The van der Waals surface area contributed by atoms with Crippen LogP contribution >= 0.6 is 15.9 Å². The van der Waals surface area contributed by atoms with Gasteiger partial charge in [0.2, 0.25) is 0 Å². The summed E-state index contributed by atoms with van der Waals surface area (Å²) in [5.74, 6) is 0. The summed E-state index contributed by atoms with van der Waals surface area (Å²) in [7, 11) is 0. The SMILES string of the molecule is Nc1ccc(CCCOCc2cccc(Br)c2)cc1. The first-order valence-electron chi connectivity index (χ1n) is 6.40. The highest BCUT2D eigenvalue weighted by Crippen LogP contribution is 2.13. The Bertz CT molecular complexity index is 510. The van der Waals surface area contributed by atoms with Crippen LogP contribution in [0.1, 0.15) is 17.5 Å². The molecule has 0 bridgehead atoms. The van der Waals surface area contributed by atoms with E-state index in [1.807, 2.05) is 24.3 Å². The molecule has 2 N–H and O–H groups in total. The van der Waals surface area contributed by atoms with Crippen LogP contribution in [0.15, 0.2) is 53.0 Å². The second-order valence-electron chi connectivity index (χ2n) is 4.53. The van der Waals surface area contributed by atoms with Gasteiger partial charge in [-0.2, -0.15) is 0 Å². The van der Waals surface area contributed by atoms with Crippen molar-refractivity contribution in [2.75, 3.05) is 12.3 Å². The van der Waals surface area contributed by atoms with Crippen molar-refractivity contribution in [1.82, 2.24) is 0 Å². The molecule has 0 aromatic heterocycles. The monoisotopic (exact) mass is 319 g/mol. The number of aryl methyl sites for hydroxylation is 1. The molecule has 0 aliphatic heterocycles. The molecule has 19 heavy (non-hydrogen) atoms. The van der Waals surface area contributed by atoms with E-state index in [0.717, 1.165) is 29.6 Å². The highest BCUT2D eigenvalue weighted by atomic mass is 79.9. The zero-order chi connectivity index (χ0) is 13.5. The quantitative estimate of drug-likeness (QED) is 0.640. The molecule has 2 rings (SSSR count). The fraction of sp³-hybridized carbons (Fsp3) is 0.250.